The van der Waals surface area contributed by atoms with Gasteiger partial charge >= 0.3 is 45.1 Å². The first-order valence-corrected chi connectivity index (χ1v) is 36.9. The van der Waals surface area contributed by atoms with Crippen molar-refractivity contribution in [2.75, 3.05) is 65.8 Å². The fraction of sp³-hybridized carbons (Fsp3) is 0.778. The van der Waals surface area contributed by atoms with Crippen LogP contribution in [0.2, 0.25) is 0 Å². The summed E-state index contributed by atoms with van der Waals surface area (Å²) in [4.78, 5) is 232. The Morgan fingerprint density at radius 3 is 0.635 bits per heavy atom. The Labute approximate surface area is 548 Å². The molecule has 32 N–H and O–H groups in total. The number of hydrogen-bond donors (Lipinski definition) is 26. The molecule has 9 amide bonds. The van der Waals surface area contributed by atoms with Gasteiger partial charge in [-0.15, -0.1) is 0 Å². The summed E-state index contributed by atoms with van der Waals surface area (Å²) < 4.78 is 81.0. The zero-order chi connectivity index (χ0) is 73.6. The molecule has 0 radical (unpaired) electrons. The lowest BCUT2D eigenvalue weighted by Gasteiger charge is -2.28. The predicted molar refractivity (Wildman–Crippen MR) is 327 cm³/mol. The molecular formula is C45H92N15O31P5. The maximum absolute atomic E-state index is 14.3. The molecule has 0 saturated heterocycles. The summed E-state index contributed by atoms with van der Waals surface area (Å²) in [6.07, 6.45) is -0.790. The van der Waals surface area contributed by atoms with Gasteiger partial charge in [-0.05, 0) is 129 Å². The first-order chi connectivity index (χ1) is 44.5. The van der Waals surface area contributed by atoms with E-state index in [1.807, 2.05) is 0 Å². The molecule has 96 heavy (non-hydrogen) atoms. The summed E-state index contributed by atoms with van der Waals surface area (Å²) >= 11 is 0. The van der Waals surface area contributed by atoms with E-state index >= 15 is 0 Å². The standard InChI is InChI=1S/C45H92N15O31P5/c46-16-6-1-11-27(52-36(61)26(51)21-87-92(72,73)74)37(62)57-32(22-88-93(75,76)77)41(66)53-28(12-2-7-17-47)38(63)58-33(23-89-94(78,79)80)42(67)54-29(13-3-8-18-48)39(64)59-34(24-90-95(81,82)83)43(68)55-30(14-4-9-19-49)40(65)60-35(25-91-96(84,85)86)44(69)56-31(45(70)71)15-5-10-20-50/h26-35H,1-25,46-51H2,(H,52,61)(H,53,66)(H,54,67)(H,55,68)(H,56,69)(H,57,62)(H,58,63)(H,59,64)(H,60,65)(H,70,71)(H2,72,73,74)(H2,75,76,77)(H2,78,79,80)(H2,81,82,83)(H2,84,85,86)/t26-,27-,28-,29-,30-,31-,32-,33-,34-,35-/m0/s1. The smallest absolute Gasteiger partial charge is 0.469 e. The van der Waals surface area contributed by atoms with Gasteiger partial charge in [-0.1, -0.05) is 0 Å². The molecule has 0 unspecified atom stereocenters. The molecule has 10 atom stereocenters. The summed E-state index contributed by atoms with van der Waals surface area (Å²) in [5, 5.41) is 28.8. The third-order valence-corrected chi connectivity index (χ3v) is 15.2. The van der Waals surface area contributed by atoms with Crippen LogP contribution in [-0.2, 0) is 93.4 Å². The maximum atomic E-state index is 14.3. The zero-order valence-corrected chi connectivity index (χ0v) is 56.2. The second-order valence-corrected chi connectivity index (χ2v) is 27.0. The Balaban J connectivity index is 7.47. The number of aliphatic carboxylic acids is 1. The van der Waals surface area contributed by atoms with Crippen LogP contribution in [0.15, 0.2) is 0 Å². The number of phosphoric ester groups is 5. The molecule has 558 valence electrons. The molecule has 51 heteroatoms. The van der Waals surface area contributed by atoms with E-state index < -0.39 is 211 Å². The van der Waals surface area contributed by atoms with Crippen molar-refractivity contribution in [3.63, 3.8) is 0 Å². The van der Waals surface area contributed by atoms with Gasteiger partial charge in [-0.2, -0.15) is 0 Å². The highest BCUT2D eigenvalue weighted by molar-refractivity contribution is 7.47. The lowest BCUT2D eigenvalue weighted by atomic mass is 10.1. The maximum Gasteiger partial charge on any atom is 0.469 e. The highest BCUT2D eigenvalue weighted by Crippen LogP contribution is 2.38. The first-order valence-electron chi connectivity index (χ1n) is 29.2. The Hall–Kier alpha value is -4.99. The van der Waals surface area contributed by atoms with Crippen LogP contribution >= 0.6 is 39.1 Å². The Kier molecular flexibility index (Phi) is 44.0. The second kappa shape index (κ2) is 46.4. The van der Waals surface area contributed by atoms with Gasteiger partial charge in [-0.3, -0.25) is 65.8 Å². The number of nitrogens with two attached hydrogens (primary N) is 6. The number of phosphoric acid groups is 5. The van der Waals surface area contributed by atoms with Crippen molar-refractivity contribution in [3.05, 3.63) is 0 Å². The minimum Gasteiger partial charge on any atom is -0.480 e. The quantitative estimate of drug-likeness (QED) is 0.0199. The number of hydrogen-bond acceptors (Lipinski definition) is 26. The zero-order valence-electron chi connectivity index (χ0n) is 51.7. The van der Waals surface area contributed by atoms with E-state index in [0.717, 1.165) is 0 Å². The molecule has 0 rings (SSSR count). The average Bonchev–Trinajstić information content (AvgIpc) is 0.877. The molecule has 0 bridgehead atoms. The third kappa shape index (κ3) is 43.4. The SMILES string of the molecule is NCCCC[C@H](NC(=O)[C@H](COP(=O)(O)O)NC(=O)[C@H](CCCCN)NC(=O)[C@H](COP(=O)(O)O)NC(=O)[C@H](CCCCN)NC(=O)[C@H](COP(=O)(O)O)NC(=O)[C@H](CCCCN)NC(=O)[C@H](COP(=O)(O)O)NC(=O)[C@H](CCCCN)NC(=O)[C@@H](N)COP(=O)(O)O)C(=O)O. The molecule has 0 spiro atoms. The third-order valence-electron chi connectivity index (χ3n) is 12.8. The van der Waals surface area contributed by atoms with Crippen molar-refractivity contribution >= 4 is 98.2 Å². The van der Waals surface area contributed by atoms with E-state index in [4.69, 9.17) is 44.2 Å². The van der Waals surface area contributed by atoms with Gasteiger partial charge in [0.2, 0.25) is 53.2 Å². The first kappa shape index (κ1) is 91.0. The molecule has 0 aliphatic heterocycles. The van der Waals surface area contributed by atoms with E-state index in [1.54, 1.807) is 0 Å². The number of carbonyl (C=O) groups excluding carboxylic acids is 9. The fourth-order valence-electron chi connectivity index (χ4n) is 7.93. The van der Waals surface area contributed by atoms with Crippen LogP contribution in [-0.4, -0.2) is 239 Å². The fourth-order valence-corrected chi connectivity index (χ4v) is 9.65. The molecule has 0 aliphatic rings. The summed E-state index contributed by atoms with van der Waals surface area (Å²) in [7, 11) is -27.2. The molecule has 0 heterocycles. The van der Waals surface area contributed by atoms with Gasteiger partial charge in [0.15, 0.2) is 0 Å². The van der Waals surface area contributed by atoms with Crippen LogP contribution in [0.25, 0.3) is 0 Å². The van der Waals surface area contributed by atoms with Crippen LogP contribution in [0.1, 0.15) is 96.3 Å². The van der Waals surface area contributed by atoms with E-state index in [-0.39, 0.29) is 103 Å². The van der Waals surface area contributed by atoms with Gasteiger partial charge in [0.1, 0.15) is 60.4 Å². The highest BCUT2D eigenvalue weighted by Gasteiger charge is 2.38. The highest BCUT2D eigenvalue weighted by atomic mass is 31.2. The minimum absolute atomic E-state index is 0.00700. The topological polar surface area (TPSA) is 789 Å². The molecule has 46 nitrogen and oxygen atoms in total. The van der Waals surface area contributed by atoms with E-state index in [0.29, 0.717) is 6.42 Å². The average molecular weight is 1490 g/mol. The van der Waals surface area contributed by atoms with Crippen molar-refractivity contribution in [1.82, 2.24) is 47.9 Å². The number of carboxylic acids is 1. The number of unbranched alkanes of at least 4 members (excludes halogenated alkanes) is 5. The van der Waals surface area contributed by atoms with Gasteiger partial charge in [0.25, 0.3) is 0 Å². The van der Waals surface area contributed by atoms with Crippen LogP contribution < -0.4 is 82.3 Å². The monoisotopic (exact) mass is 1490 g/mol. The van der Waals surface area contributed by atoms with Crippen LogP contribution in [0.5, 0.6) is 0 Å². The van der Waals surface area contributed by atoms with Crippen molar-refractivity contribution in [1.29, 1.82) is 0 Å². The second-order valence-electron chi connectivity index (χ2n) is 20.8. The normalized spacial score (nSPS) is 15.3. The largest absolute Gasteiger partial charge is 0.480 e. The Bertz CT molecular complexity index is 2740. The van der Waals surface area contributed by atoms with E-state index in [9.17, 15) is 115 Å². The number of rotatable bonds is 54. The summed E-state index contributed by atoms with van der Waals surface area (Å²) in [5.74, 6) is -14.1. The van der Waals surface area contributed by atoms with Crippen LogP contribution in [0.3, 0.4) is 0 Å². The number of carboxylic acid groups (broad SMARTS) is 1. The van der Waals surface area contributed by atoms with Crippen molar-refractivity contribution in [2.45, 2.75) is 157 Å². The predicted octanol–water partition coefficient (Wildman–Crippen LogP) is -9.05. The lowest BCUT2D eigenvalue weighted by molar-refractivity contribution is -0.143. The number of nitrogens with one attached hydrogen (secondary N) is 9. The van der Waals surface area contributed by atoms with Gasteiger partial charge < -0.3 is 136 Å². The number of amides is 9. The van der Waals surface area contributed by atoms with E-state index in [1.165, 1.54) is 0 Å². The summed E-state index contributed by atoms with van der Waals surface area (Å²) in [5.41, 5.74) is 33.6. The molecule has 0 fully saturated rings. The Morgan fingerprint density at radius 2 is 0.438 bits per heavy atom. The molecular weight excluding hydrogens is 1400 g/mol. The van der Waals surface area contributed by atoms with Gasteiger partial charge in [0, 0.05) is 0 Å². The summed E-state index contributed by atoms with van der Waals surface area (Å²) in [6.45, 7) is -6.53. The van der Waals surface area contributed by atoms with Gasteiger partial charge in [-0.25, -0.2) is 27.6 Å². The van der Waals surface area contributed by atoms with Crippen LogP contribution in [0.4, 0.5) is 0 Å². The van der Waals surface area contributed by atoms with Crippen molar-refractivity contribution in [2.24, 2.45) is 34.4 Å². The molecule has 0 aromatic carbocycles. The van der Waals surface area contributed by atoms with Crippen LogP contribution in [0, 0.1) is 0 Å². The molecule has 0 saturated carbocycles. The Morgan fingerprint density at radius 1 is 0.271 bits per heavy atom. The number of carbonyl (C=O) groups is 10. The molecule has 0 aromatic rings. The molecule has 0 aromatic heterocycles. The lowest BCUT2D eigenvalue weighted by Crippen LogP contribution is -2.62. The van der Waals surface area contributed by atoms with Gasteiger partial charge in [0.05, 0.1) is 33.0 Å². The minimum atomic E-state index is -5.60. The summed E-state index contributed by atoms with van der Waals surface area (Å²) in [6, 6.07) is -19.8. The van der Waals surface area contributed by atoms with Crippen molar-refractivity contribution < 1.29 is 147 Å². The van der Waals surface area contributed by atoms with E-state index in [2.05, 4.69) is 70.5 Å². The molecule has 0 aliphatic carbocycles. The van der Waals surface area contributed by atoms with Crippen molar-refractivity contribution in [3.8, 4) is 0 Å².